The molecule has 0 saturated heterocycles. The molecule has 0 bridgehead atoms. The van der Waals surface area contributed by atoms with Crippen LogP contribution in [0, 0.1) is 0 Å². The van der Waals surface area contributed by atoms with E-state index in [1.54, 1.807) is 10.7 Å². The Bertz CT molecular complexity index is 1260. The van der Waals surface area contributed by atoms with Gasteiger partial charge in [0.1, 0.15) is 12.0 Å². The number of nitrogens with zero attached hydrogens (tertiary/aromatic N) is 3. The maximum Gasteiger partial charge on any atom is 0.226 e. The van der Waals surface area contributed by atoms with Crippen LogP contribution >= 0.6 is 11.8 Å². The zero-order chi connectivity index (χ0) is 21.8. The Morgan fingerprint density at radius 1 is 0.968 bits per heavy atom. The first-order valence-corrected chi connectivity index (χ1v) is 10.2. The zero-order valence-electron chi connectivity index (χ0n) is 16.1. The maximum absolute atomic E-state index is 11.6. The van der Waals surface area contributed by atoms with Gasteiger partial charge in [-0.3, -0.25) is 4.79 Å². The number of phenols is 2. The summed E-state index contributed by atoms with van der Waals surface area (Å²) in [5.41, 5.74) is 4.30. The van der Waals surface area contributed by atoms with E-state index in [9.17, 15) is 20.1 Å². The van der Waals surface area contributed by atoms with E-state index in [4.69, 9.17) is 4.42 Å². The quantitative estimate of drug-likeness (QED) is 0.254. The maximum atomic E-state index is 11.6. The standard InChI is InChI=1S/C21H18N4O5S/c26-16-7-6-13(8-17(16)27)10-22-25-20(14-4-2-1-3-5-14)23-24-21(25)31-12-15-9-18(28)19(29)11-30-15/h1-9,11,22,26-27,29H,10,12H2. The third-order valence-corrected chi connectivity index (χ3v) is 5.31. The van der Waals surface area contributed by atoms with Gasteiger partial charge in [-0.2, -0.15) is 0 Å². The lowest BCUT2D eigenvalue weighted by molar-refractivity contribution is 0.403. The second-order valence-electron chi connectivity index (χ2n) is 6.55. The molecule has 0 aliphatic rings. The van der Waals surface area contributed by atoms with Crippen molar-refractivity contribution in [2.45, 2.75) is 17.5 Å². The molecule has 0 fully saturated rings. The number of hydrogen-bond acceptors (Lipinski definition) is 9. The van der Waals surface area contributed by atoms with Crippen LogP contribution < -0.4 is 10.9 Å². The predicted molar refractivity (Wildman–Crippen MR) is 114 cm³/mol. The fraction of sp³-hybridized carbons (Fsp3) is 0.0952. The van der Waals surface area contributed by atoms with Crippen molar-refractivity contribution in [1.82, 2.24) is 14.9 Å². The minimum Gasteiger partial charge on any atom is -0.504 e. The van der Waals surface area contributed by atoms with Crippen LogP contribution in [0.25, 0.3) is 11.4 Å². The van der Waals surface area contributed by atoms with Crippen LogP contribution in [0.1, 0.15) is 11.3 Å². The van der Waals surface area contributed by atoms with E-state index < -0.39 is 11.2 Å². The Morgan fingerprint density at radius 3 is 2.52 bits per heavy atom. The number of nitrogens with one attached hydrogen (secondary N) is 1. The first kappa shape index (κ1) is 20.4. The molecule has 4 aromatic rings. The Kier molecular flexibility index (Phi) is 5.80. The molecule has 0 atom stereocenters. The summed E-state index contributed by atoms with van der Waals surface area (Å²) in [7, 11) is 0. The molecule has 4 rings (SSSR count). The van der Waals surface area contributed by atoms with E-state index in [1.165, 1.54) is 30.0 Å². The van der Waals surface area contributed by atoms with Gasteiger partial charge in [-0.1, -0.05) is 48.2 Å². The van der Waals surface area contributed by atoms with Crippen LogP contribution in [0.4, 0.5) is 0 Å². The van der Waals surface area contributed by atoms with Gasteiger partial charge in [-0.15, -0.1) is 10.2 Å². The van der Waals surface area contributed by atoms with Gasteiger partial charge in [-0.25, -0.2) is 4.68 Å². The highest BCUT2D eigenvalue weighted by atomic mass is 32.2. The van der Waals surface area contributed by atoms with Crippen molar-refractivity contribution in [3.05, 3.63) is 82.4 Å². The minimum atomic E-state index is -0.515. The molecule has 0 unspecified atom stereocenters. The van der Waals surface area contributed by atoms with E-state index in [-0.39, 0.29) is 11.5 Å². The normalized spacial score (nSPS) is 10.8. The molecule has 2 aromatic heterocycles. The third kappa shape index (κ3) is 4.64. The number of aromatic nitrogens is 3. The van der Waals surface area contributed by atoms with E-state index in [1.807, 2.05) is 30.3 Å². The molecular weight excluding hydrogens is 420 g/mol. The summed E-state index contributed by atoms with van der Waals surface area (Å²) in [5.74, 6) is 0.421. The van der Waals surface area contributed by atoms with Gasteiger partial charge >= 0.3 is 0 Å². The summed E-state index contributed by atoms with van der Waals surface area (Å²) < 4.78 is 6.96. The monoisotopic (exact) mass is 438 g/mol. The molecule has 0 aliphatic heterocycles. The van der Waals surface area contributed by atoms with Crippen LogP contribution in [0.2, 0.25) is 0 Å². The van der Waals surface area contributed by atoms with Crippen molar-refractivity contribution in [1.29, 1.82) is 0 Å². The summed E-state index contributed by atoms with van der Waals surface area (Å²) >= 11 is 1.29. The van der Waals surface area contributed by atoms with Crippen molar-refractivity contribution < 1.29 is 19.7 Å². The fourth-order valence-corrected chi connectivity index (χ4v) is 3.59. The Balaban J connectivity index is 1.59. The minimum absolute atomic E-state index is 0.190. The lowest BCUT2D eigenvalue weighted by Gasteiger charge is -2.13. The Hall–Kier alpha value is -3.92. The lowest BCUT2D eigenvalue weighted by Crippen LogP contribution is -2.17. The Morgan fingerprint density at radius 2 is 1.77 bits per heavy atom. The molecule has 0 spiro atoms. The molecule has 0 amide bonds. The van der Waals surface area contributed by atoms with E-state index in [0.29, 0.717) is 29.0 Å². The molecule has 0 radical (unpaired) electrons. The first-order chi connectivity index (χ1) is 15.0. The number of thioether (sulfide) groups is 1. The molecular formula is C21H18N4O5S. The van der Waals surface area contributed by atoms with Gasteiger partial charge in [0.05, 0.1) is 12.3 Å². The van der Waals surface area contributed by atoms with E-state index in [2.05, 4.69) is 15.6 Å². The number of hydrogen-bond donors (Lipinski definition) is 4. The second-order valence-corrected chi connectivity index (χ2v) is 7.49. The van der Waals surface area contributed by atoms with Crippen LogP contribution in [0.15, 0.2) is 75.2 Å². The summed E-state index contributed by atoms with van der Waals surface area (Å²) in [6, 6.07) is 15.3. The summed E-state index contributed by atoms with van der Waals surface area (Å²) in [4.78, 5) is 11.6. The number of aromatic hydroxyl groups is 3. The molecule has 2 heterocycles. The summed E-state index contributed by atoms with van der Waals surface area (Å²) in [6.45, 7) is 0.327. The van der Waals surface area contributed by atoms with Crippen LogP contribution in [-0.2, 0) is 12.3 Å². The van der Waals surface area contributed by atoms with E-state index in [0.717, 1.165) is 17.4 Å². The van der Waals surface area contributed by atoms with Gasteiger partial charge < -0.3 is 25.2 Å². The highest BCUT2D eigenvalue weighted by Gasteiger charge is 2.15. The molecule has 0 aliphatic carbocycles. The van der Waals surface area contributed by atoms with Crippen LogP contribution in [0.3, 0.4) is 0 Å². The van der Waals surface area contributed by atoms with E-state index >= 15 is 0 Å². The van der Waals surface area contributed by atoms with Crippen molar-refractivity contribution in [3.8, 4) is 28.6 Å². The average Bonchev–Trinajstić information content (AvgIpc) is 3.19. The van der Waals surface area contributed by atoms with Gasteiger partial charge in [0.25, 0.3) is 0 Å². The molecule has 0 saturated carbocycles. The molecule has 158 valence electrons. The van der Waals surface area contributed by atoms with Gasteiger partial charge in [0.15, 0.2) is 23.1 Å². The molecule has 2 aromatic carbocycles. The highest BCUT2D eigenvalue weighted by Crippen LogP contribution is 2.27. The topological polar surface area (TPSA) is 134 Å². The van der Waals surface area contributed by atoms with Gasteiger partial charge in [-0.05, 0) is 17.7 Å². The van der Waals surface area contributed by atoms with Crippen molar-refractivity contribution in [2.24, 2.45) is 0 Å². The molecule has 31 heavy (non-hydrogen) atoms. The second kappa shape index (κ2) is 8.84. The van der Waals surface area contributed by atoms with Crippen molar-refractivity contribution in [3.63, 3.8) is 0 Å². The van der Waals surface area contributed by atoms with Gasteiger partial charge in [0.2, 0.25) is 10.6 Å². The molecule has 9 nitrogen and oxygen atoms in total. The largest absolute Gasteiger partial charge is 0.504 e. The third-order valence-electron chi connectivity index (χ3n) is 4.36. The summed E-state index contributed by atoms with van der Waals surface area (Å²) in [6.07, 6.45) is 1.01. The fourth-order valence-electron chi connectivity index (χ4n) is 2.78. The summed E-state index contributed by atoms with van der Waals surface area (Å²) in [5, 5.41) is 37.6. The van der Waals surface area contributed by atoms with Gasteiger partial charge in [0, 0.05) is 11.6 Å². The van der Waals surface area contributed by atoms with Crippen LogP contribution in [0.5, 0.6) is 17.2 Å². The number of rotatable bonds is 7. The van der Waals surface area contributed by atoms with Crippen molar-refractivity contribution in [2.75, 3.05) is 5.43 Å². The lowest BCUT2D eigenvalue weighted by atomic mass is 10.2. The van der Waals surface area contributed by atoms with Crippen molar-refractivity contribution >= 4 is 11.8 Å². The Labute approximate surface area is 180 Å². The highest BCUT2D eigenvalue weighted by molar-refractivity contribution is 7.98. The number of phenolic OH excluding ortho intramolecular Hbond substituents is 2. The molecule has 10 heteroatoms. The molecule has 4 N–H and O–H groups in total. The number of benzene rings is 2. The SMILES string of the molecule is O=c1cc(CSc2nnc(-c3ccccc3)n2NCc2ccc(O)c(O)c2)occ1O. The average molecular weight is 438 g/mol. The predicted octanol–water partition coefficient (Wildman–Crippen LogP) is 3.05. The smallest absolute Gasteiger partial charge is 0.226 e. The van der Waals surface area contributed by atoms with Crippen LogP contribution in [-0.4, -0.2) is 30.2 Å². The first-order valence-electron chi connectivity index (χ1n) is 9.20. The zero-order valence-corrected chi connectivity index (χ0v) is 16.9.